The van der Waals surface area contributed by atoms with Crippen molar-refractivity contribution >= 4 is 52.2 Å². The van der Waals surface area contributed by atoms with Gasteiger partial charge in [0, 0.05) is 18.1 Å². The number of rotatable bonds is 13. The largest absolute Gasteiger partial charge is 0.455 e. The van der Waals surface area contributed by atoms with E-state index in [0.717, 1.165) is 4.21 Å². The van der Waals surface area contributed by atoms with Crippen LogP contribution < -0.4 is 16.4 Å². The van der Waals surface area contributed by atoms with Crippen LogP contribution in [0.5, 0.6) is 0 Å². The molecule has 9 nitrogen and oxygen atoms in total. The van der Waals surface area contributed by atoms with E-state index in [-0.39, 0.29) is 23.9 Å². The van der Waals surface area contributed by atoms with Crippen molar-refractivity contribution in [3.05, 3.63) is 33.6 Å². The van der Waals surface area contributed by atoms with Gasteiger partial charge in [0.1, 0.15) is 23.0 Å². The summed E-state index contributed by atoms with van der Waals surface area (Å²) in [6.45, 7) is 7.49. The third kappa shape index (κ3) is 9.34. The van der Waals surface area contributed by atoms with Crippen LogP contribution in [0.2, 0.25) is 0 Å². The molecule has 0 bridgehead atoms. The van der Waals surface area contributed by atoms with Crippen LogP contribution in [0.15, 0.2) is 27.1 Å². The van der Waals surface area contributed by atoms with Gasteiger partial charge >= 0.3 is 5.97 Å². The Morgan fingerprint density at radius 1 is 1.26 bits per heavy atom. The van der Waals surface area contributed by atoms with Crippen molar-refractivity contribution < 1.29 is 24.2 Å². The number of hydrogen-bond donors (Lipinski definition) is 4. The number of ether oxygens (including phenoxy) is 1. The van der Waals surface area contributed by atoms with Crippen LogP contribution in [0.1, 0.15) is 55.7 Å². The van der Waals surface area contributed by atoms with Crippen molar-refractivity contribution in [2.24, 2.45) is 17.6 Å². The summed E-state index contributed by atoms with van der Waals surface area (Å²) in [6, 6.07) is 2.96. The van der Waals surface area contributed by atoms with Gasteiger partial charge in [0.05, 0.1) is 10.8 Å². The number of aromatic nitrogens is 1. The minimum absolute atomic E-state index is 0.131. The molecule has 0 saturated heterocycles. The second-order valence-corrected chi connectivity index (χ2v) is 11.4. The predicted molar refractivity (Wildman–Crippen MR) is 135 cm³/mol. The first-order valence-corrected chi connectivity index (χ1v) is 13.6. The van der Waals surface area contributed by atoms with E-state index in [0.29, 0.717) is 17.3 Å². The van der Waals surface area contributed by atoms with Gasteiger partial charge in [-0.15, -0.1) is 34.4 Å². The zero-order valence-electron chi connectivity index (χ0n) is 19.6. The SMILES string of the molecule is CC(=O)O[C@H](C[C@@H](C)C(C)C)c1nc(C(=O)N[C@@H](CSc2cccs2)C(=O)NCC(N)O)cs1. The maximum Gasteiger partial charge on any atom is 0.303 e. The number of thiophene rings is 1. The van der Waals surface area contributed by atoms with Crippen molar-refractivity contribution in [1.29, 1.82) is 0 Å². The molecule has 2 aromatic rings. The summed E-state index contributed by atoms with van der Waals surface area (Å²) < 4.78 is 6.48. The molecule has 0 aromatic carbocycles. The second-order valence-electron chi connectivity index (χ2n) is 8.21. The standard InChI is InChI=1S/C22H32N4O5S3/c1-12(2)13(3)8-17(31-14(4)27)22-26-16(11-34-22)21(30)25-15(20(29)24-9-18(23)28)10-33-19-6-5-7-32-19/h5-7,11-13,15,17-18,28H,8-10,23H2,1-4H3,(H,24,29)(H,25,30)/t13-,15+,17-,18?/m1/s1. The molecule has 0 radical (unpaired) electrons. The Morgan fingerprint density at radius 2 is 2.00 bits per heavy atom. The van der Waals surface area contributed by atoms with Crippen molar-refractivity contribution in [3.63, 3.8) is 0 Å². The molecule has 0 spiro atoms. The monoisotopic (exact) mass is 528 g/mol. The van der Waals surface area contributed by atoms with E-state index in [1.165, 1.54) is 41.4 Å². The molecular formula is C22H32N4O5S3. The average molecular weight is 529 g/mol. The van der Waals surface area contributed by atoms with Gasteiger partial charge in [-0.1, -0.05) is 26.8 Å². The van der Waals surface area contributed by atoms with Gasteiger partial charge in [-0.3, -0.25) is 14.4 Å². The summed E-state index contributed by atoms with van der Waals surface area (Å²) in [5, 5.41) is 18.6. The molecule has 0 fully saturated rings. The van der Waals surface area contributed by atoms with Crippen LogP contribution in [0, 0.1) is 11.8 Å². The fourth-order valence-corrected chi connectivity index (χ4v) is 5.47. The number of hydrogen-bond acceptors (Lipinski definition) is 10. The lowest BCUT2D eigenvalue weighted by Gasteiger charge is -2.21. The molecule has 34 heavy (non-hydrogen) atoms. The number of nitrogens with zero attached hydrogens (tertiary/aromatic N) is 1. The molecular weight excluding hydrogens is 496 g/mol. The molecule has 0 aliphatic carbocycles. The maximum absolute atomic E-state index is 12.9. The van der Waals surface area contributed by atoms with E-state index >= 15 is 0 Å². The minimum atomic E-state index is -1.20. The lowest BCUT2D eigenvalue weighted by atomic mass is 9.92. The topological polar surface area (TPSA) is 144 Å². The Morgan fingerprint density at radius 3 is 2.59 bits per heavy atom. The zero-order chi connectivity index (χ0) is 25.3. The van der Waals surface area contributed by atoms with E-state index in [4.69, 9.17) is 10.5 Å². The van der Waals surface area contributed by atoms with Crippen LogP contribution in [-0.2, 0) is 14.3 Å². The summed E-state index contributed by atoms with van der Waals surface area (Å²) in [5.41, 5.74) is 5.45. The number of aliphatic hydroxyl groups is 1. The fraction of sp³-hybridized carbons (Fsp3) is 0.545. The number of carbonyl (C=O) groups excluding carboxylic acids is 3. The van der Waals surface area contributed by atoms with E-state index in [1.807, 2.05) is 17.5 Å². The molecule has 0 saturated carbocycles. The van der Waals surface area contributed by atoms with Gasteiger partial charge in [0.2, 0.25) is 5.91 Å². The number of nitrogens with two attached hydrogens (primary N) is 1. The van der Waals surface area contributed by atoms with Crippen molar-refractivity contribution in [1.82, 2.24) is 15.6 Å². The Kier molecular flexibility index (Phi) is 11.5. The number of nitrogens with one attached hydrogen (secondary N) is 2. The molecule has 2 heterocycles. The molecule has 188 valence electrons. The van der Waals surface area contributed by atoms with Gasteiger partial charge in [-0.2, -0.15) is 0 Å². The Labute approximate surface area is 211 Å². The molecule has 2 rings (SSSR count). The molecule has 2 amide bonds. The second kappa shape index (κ2) is 13.8. The number of aliphatic hydroxyl groups excluding tert-OH is 1. The molecule has 2 aromatic heterocycles. The van der Waals surface area contributed by atoms with Gasteiger partial charge < -0.3 is 26.2 Å². The summed E-state index contributed by atoms with van der Waals surface area (Å²) in [7, 11) is 0. The van der Waals surface area contributed by atoms with Crippen LogP contribution in [0.3, 0.4) is 0 Å². The van der Waals surface area contributed by atoms with Crippen LogP contribution in [0.25, 0.3) is 0 Å². The first kappa shape index (κ1) is 28.2. The van der Waals surface area contributed by atoms with E-state index < -0.39 is 36.2 Å². The maximum atomic E-state index is 12.9. The molecule has 0 aliphatic heterocycles. The Hall–Kier alpha value is -1.99. The van der Waals surface area contributed by atoms with Gasteiger partial charge in [-0.05, 0) is 29.7 Å². The van der Waals surface area contributed by atoms with E-state index in [1.54, 1.807) is 5.38 Å². The average Bonchev–Trinajstić information content (AvgIpc) is 3.46. The van der Waals surface area contributed by atoms with Crippen LogP contribution >= 0.6 is 34.4 Å². The molecule has 1 unspecified atom stereocenters. The van der Waals surface area contributed by atoms with Gasteiger partial charge in [0.15, 0.2) is 6.10 Å². The molecule has 12 heteroatoms. The first-order chi connectivity index (χ1) is 16.1. The van der Waals surface area contributed by atoms with Crippen molar-refractivity contribution in [3.8, 4) is 0 Å². The van der Waals surface area contributed by atoms with E-state index in [2.05, 4.69) is 36.4 Å². The third-order valence-electron chi connectivity index (χ3n) is 5.06. The molecule has 0 aliphatic rings. The number of carbonyl (C=O) groups is 3. The van der Waals surface area contributed by atoms with Crippen molar-refractivity contribution in [2.45, 2.75) is 56.7 Å². The highest BCUT2D eigenvalue weighted by molar-refractivity contribution is 8.01. The van der Waals surface area contributed by atoms with E-state index in [9.17, 15) is 19.5 Å². The lowest BCUT2D eigenvalue weighted by molar-refractivity contribution is -0.147. The van der Waals surface area contributed by atoms with Gasteiger partial charge in [0.25, 0.3) is 5.91 Å². The normalized spacial score (nSPS) is 14.8. The van der Waals surface area contributed by atoms with Gasteiger partial charge in [-0.25, -0.2) is 4.98 Å². The fourth-order valence-electron chi connectivity index (χ4n) is 2.80. The Bertz CT molecular complexity index is 933. The third-order valence-corrected chi connectivity index (χ3v) is 8.22. The molecule has 5 N–H and O–H groups in total. The predicted octanol–water partition coefficient (Wildman–Crippen LogP) is 2.78. The highest BCUT2D eigenvalue weighted by atomic mass is 32.2. The number of esters is 1. The highest BCUT2D eigenvalue weighted by Crippen LogP contribution is 2.31. The summed E-state index contributed by atoms with van der Waals surface area (Å²) in [4.78, 5) is 41.6. The number of amides is 2. The van der Waals surface area contributed by atoms with Crippen molar-refractivity contribution in [2.75, 3.05) is 12.3 Å². The van der Waals surface area contributed by atoms with Crippen LogP contribution in [0.4, 0.5) is 0 Å². The van der Waals surface area contributed by atoms with Crippen LogP contribution in [-0.4, -0.2) is 52.4 Å². The summed E-state index contributed by atoms with van der Waals surface area (Å²) >= 11 is 4.21. The number of thiazole rings is 1. The summed E-state index contributed by atoms with van der Waals surface area (Å²) in [5.74, 6) is -0.412. The minimum Gasteiger partial charge on any atom is -0.455 e. The number of thioether (sulfide) groups is 1. The Balaban J connectivity index is 2.12. The molecule has 4 atom stereocenters. The highest BCUT2D eigenvalue weighted by Gasteiger charge is 2.27. The quantitative estimate of drug-likeness (QED) is 0.177. The first-order valence-electron chi connectivity index (χ1n) is 10.9. The lowest BCUT2D eigenvalue weighted by Crippen LogP contribution is -2.50. The smallest absolute Gasteiger partial charge is 0.303 e. The zero-order valence-corrected chi connectivity index (χ0v) is 22.1. The summed E-state index contributed by atoms with van der Waals surface area (Å²) in [6.07, 6.45) is -1.14.